The smallest absolute Gasteiger partial charge is 0.335 e. The second-order valence-electron chi connectivity index (χ2n) is 5.92. The topological polar surface area (TPSA) is 74.7 Å². The molecular formula is C18H19NO4S. The van der Waals surface area contributed by atoms with E-state index in [-0.39, 0.29) is 10.5 Å². The Kier molecular flexibility index (Phi) is 4.43. The molecule has 6 heteroatoms. The maximum Gasteiger partial charge on any atom is 0.335 e. The molecule has 2 aromatic carbocycles. The number of aromatic carboxylic acids is 1. The molecule has 0 aliphatic carbocycles. The van der Waals surface area contributed by atoms with E-state index in [9.17, 15) is 18.3 Å². The summed E-state index contributed by atoms with van der Waals surface area (Å²) in [6.07, 6.45) is 1.78. The van der Waals surface area contributed by atoms with Crippen molar-refractivity contribution >= 4 is 16.0 Å². The minimum absolute atomic E-state index is 0.223. The van der Waals surface area contributed by atoms with E-state index >= 15 is 0 Å². The van der Waals surface area contributed by atoms with Crippen molar-refractivity contribution in [1.29, 1.82) is 0 Å². The Morgan fingerprint density at radius 2 is 1.75 bits per heavy atom. The molecule has 0 bridgehead atoms. The Hall–Kier alpha value is -2.18. The van der Waals surface area contributed by atoms with Gasteiger partial charge in [-0.25, -0.2) is 13.2 Å². The summed E-state index contributed by atoms with van der Waals surface area (Å²) >= 11 is 0. The third-order valence-electron chi connectivity index (χ3n) is 4.41. The predicted octanol–water partition coefficient (Wildman–Crippen LogP) is 3.14. The van der Waals surface area contributed by atoms with Gasteiger partial charge in [-0.3, -0.25) is 0 Å². The van der Waals surface area contributed by atoms with Gasteiger partial charge < -0.3 is 5.11 Å². The van der Waals surface area contributed by atoms with Crippen LogP contribution in [0.5, 0.6) is 0 Å². The average molecular weight is 345 g/mol. The van der Waals surface area contributed by atoms with Crippen LogP contribution >= 0.6 is 0 Å². The SMILES string of the molecule is Cc1c(C(=O)O)cccc1-c1cccc(S(=O)(=O)N2CCCC2)c1. The second-order valence-corrected chi connectivity index (χ2v) is 7.86. The van der Waals surface area contributed by atoms with Gasteiger partial charge in [0.05, 0.1) is 10.5 Å². The minimum Gasteiger partial charge on any atom is -0.478 e. The van der Waals surface area contributed by atoms with Crippen molar-refractivity contribution in [2.75, 3.05) is 13.1 Å². The maximum atomic E-state index is 12.7. The molecule has 0 unspecified atom stereocenters. The van der Waals surface area contributed by atoms with Crippen LogP contribution in [0.15, 0.2) is 47.4 Å². The zero-order valence-corrected chi connectivity index (χ0v) is 14.2. The molecule has 0 aromatic heterocycles. The van der Waals surface area contributed by atoms with E-state index in [1.807, 2.05) is 6.07 Å². The molecule has 0 saturated carbocycles. The largest absolute Gasteiger partial charge is 0.478 e. The molecular weight excluding hydrogens is 326 g/mol. The lowest BCUT2D eigenvalue weighted by Gasteiger charge is -2.16. The predicted molar refractivity (Wildman–Crippen MR) is 91.6 cm³/mol. The Balaban J connectivity index is 2.06. The van der Waals surface area contributed by atoms with E-state index in [0.717, 1.165) is 18.4 Å². The van der Waals surface area contributed by atoms with E-state index < -0.39 is 16.0 Å². The summed E-state index contributed by atoms with van der Waals surface area (Å²) in [5.74, 6) is -0.991. The van der Waals surface area contributed by atoms with Crippen LogP contribution in [0.2, 0.25) is 0 Å². The van der Waals surface area contributed by atoms with Crippen LogP contribution < -0.4 is 0 Å². The van der Waals surface area contributed by atoms with E-state index in [4.69, 9.17) is 0 Å². The third kappa shape index (κ3) is 2.95. The zero-order valence-electron chi connectivity index (χ0n) is 13.4. The average Bonchev–Trinajstić information content (AvgIpc) is 3.10. The van der Waals surface area contributed by atoms with Gasteiger partial charge in [0.1, 0.15) is 0 Å². The van der Waals surface area contributed by atoms with E-state index in [1.165, 1.54) is 4.31 Å². The highest BCUT2D eigenvalue weighted by Gasteiger charge is 2.27. The fraction of sp³-hybridized carbons (Fsp3) is 0.278. The number of carboxylic acid groups (broad SMARTS) is 1. The Labute approximate surface area is 141 Å². The van der Waals surface area contributed by atoms with Crippen molar-refractivity contribution in [1.82, 2.24) is 4.31 Å². The molecule has 1 N–H and O–H groups in total. The summed E-state index contributed by atoms with van der Waals surface area (Å²) in [5, 5.41) is 9.26. The molecule has 1 heterocycles. The first-order valence-corrected chi connectivity index (χ1v) is 9.29. The van der Waals surface area contributed by atoms with Gasteiger partial charge in [-0.15, -0.1) is 0 Å². The van der Waals surface area contributed by atoms with Crippen LogP contribution in [-0.4, -0.2) is 36.9 Å². The number of rotatable bonds is 4. The Morgan fingerprint density at radius 1 is 1.08 bits per heavy atom. The van der Waals surface area contributed by atoms with Crippen molar-refractivity contribution in [3.8, 4) is 11.1 Å². The molecule has 1 fully saturated rings. The number of sulfonamides is 1. The fourth-order valence-electron chi connectivity index (χ4n) is 3.08. The molecule has 0 spiro atoms. The first-order chi connectivity index (χ1) is 11.4. The maximum absolute atomic E-state index is 12.7. The fourth-order valence-corrected chi connectivity index (χ4v) is 4.65. The molecule has 1 aliphatic heterocycles. The first-order valence-electron chi connectivity index (χ1n) is 7.85. The highest BCUT2D eigenvalue weighted by molar-refractivity contribution is 7.89. The Bertz CT molecular complexity index is 884. The highest BCUT2D eigenvalue weighted by Crippen LogP contribution is 2.29. The van der Waals surface area contributed by atoms with Gasteiger partial charge in [0.25, 0.3) is 0 Å². The summed E-state index contributed by atoms with van der Waals surface area (Å²) < 4.78 is 26.9. The van der Waals surface area contributed by atoms with Crippen LogP contribution in [0, 0.1) is 6.92 Å². The van der Waals surface area contributed by atoms with Crippen LogP contribution in [0.25, 0.3) is 11.1 Å². The summed E-state index contributed by atoms with van der Waals surface area (Å²) in [7, 11) is -3.49. The van der Waals surface area contributed by atoms with Gasteiger partial charge in [0, 0.05) is 13.1 Å². The van der Waals surface area contributed by atoms with Crippen LogP contribution in [0.3, 0.4) is 0 Å². The van der Waals surface area contributed by atoms with E-state index in [1.54, 1.807) is 43.3 Å². The summed E-state index contributed by atoms with van der Waals surface area (Å²) in [6.45, 7) is 2.85. The molecule has 3 rings (SSSR count). The van der Waals surface area contributed by atoms with E-state index in [2.05, 4.69) is 0 Å². The molecule has 5 nitrogen and oxygen atoms in total. The van der Waals surface area contributed by atoms with Crippen molar-refractivity contribution in [2.45, 2.75) is 24.7 Å². The molecule has 0 atom stereocenters. The summed E-state index contributed by atoms with van der Waals surface area (Å²) in [6, 6.07) is 11.8. The second kappa shape index (κ2) is 6.37. The number of nitrogens with zero attached hydrogens (tertiary/aromatic N) is 1. The zero-order chi connectivity index (χ0) is 17.3. The number of carboxylic acids is 1. The Morgan fingerprint density at radius 3 is 2.42 bits per heavy atom. The number of hydrogen-bond acceptors (Lipinski definition) is 3. The van der Waals surface area contributed by atoms with Gasteiger partial charge in [-0.2, -0.15) is 4.31 Å². The molecule has 2 aromatic rings. The highest BCUT2D eigenvalue weighted by atomic mass is 32.2. The molecule has 1 aliphatic rings. The van der Waals surface area contributed by atoms with Crippen molar-refractivity contribution in [2.24, 2.45) is 0 Å². The van der Waals surface area contributed by atoms with Crippen molar-refractivity contribution < 1.29 is 18.3 Å². The van der Waals surface area contributed by atoms with E-state index in [0.29, 0.717) is 24.2 Å². The van der Waals surface area contributed by atoms with Gasteiger partial charge in [-0.05, 0) is 54.7 Å². The van der Waals surface area contributed by atoms with Gasteiger partial charge in [0.15, 0.2) is 0 Å². The number of carbonyl (C=O) groups is 1. The molecule has 126 valence electrons. The third-order valence-corrected chi connectivity index (χ3v) is 6.31. The quantitative estimate of drug-likeness (QED) is 0.924. The molecule has 24 heavy (non-hydrogen) atoms. The normalized spacial score (nSPS) is 15.5. The van der Waals surface area contributed by atoms with Gasteiger partial charge >= 0.3 is 5.97 Å². The van der Waals surface area contributed by atoms with Crippen molar-refractivity contribution in [3.63, 3.8) is 0 Å². The minimum atomic E-state index is -3.49. The molecule has 0 radical (unpaired) electrons. The standard InChI is InChI=1S/C18H19NO4S/c1-13-16(8-5-9-17(13)18(20)21)14-6-4-7-15(12-14)24(22,23)19-10-2-3-11-19/h4-9,12H,2-3,10-11H2,1H3,(H,20,21). The lowest BCUT2D eigenvalue weighted by atomic mass is 9.96. The first kappa shape index (κ1) is 16.7. The van der Waals surface area contributed by atoms with Crippen LogP contribution in [-0.2, 0) is 10.0 Å². The molecule has 1 saturated heterocycles. The summed E-state index contributed by atoms with van der Waals surface area (Å²) in [4.78, 5) is 11.6. The van der Waals surface area contributed by atoms with Gasteiger partial charge in [-0.1, -0.05) is 24.3 Å². The summed E-state index contributed by atoms with van der Waals surface area (Å²) in [5.41, 5.74) is 2.28. The van der Waals surface area contributed by atoms with Crippen LogP contribution in [0.4, 0.5) is 0 Å². The lowest BCUT2D eigenvalue weighted by Crippen LogP contribution is -2.27. The molecule has 0 amide bonds. The van der Waals surface area contributed by atoms with Crippen LogP contribution in [0.1, 0.15) is 28.8 Å². The lowest BCUT2D eigenvalue weighted by molar-refractivity contribution is 0.0696. The van der Waals surface area contributed by atoms with Crippen molar-refractivity contribution in [3.05, 3.63) is 53.6 Å². The number of benzene rings is 2. The monoisotopic (exact) mass is 345 g/mol. The number of hydrogen-bond donors (Lipinski definition) is 1. The van der Waals surface area contributed by atoms with Gasteiger partial charge in [0.2, 0.25) is 10.0 Å².